The zero-order valence-electron chi connectivity index (χ0n) is 12.7. The van der Waals surface area contributed by atoms with Gasteiger partial charge in [0.15, 0.2) is 9.99 Å². The van der Waals surface area contributed by atoms with Crippen LogP contribution in [0.25, 0.3) is 0 Å². The van der Waals surface area contributed by atoms with Crippen molar-refractivity contribution >= 4 is 29.3 Å². The lowest BCUT2D eigenvalue weighted by Gasteiger charge is -2.33. The Hall–Kier alpha value is -1.33. The lowest BCUT2D eigenvalue weighted by molar-refractivity contribution is 0.0764. The number of carbonyl (C=O) groups is 1. The molecule has 1 aliphatic heterocycles. The summed E-state index contributed by atoms with van der Waals surface area (Å²) in [6.45, 7) is 2.84. The van der Waals surface area contributed by atoms with Crippen LogP contribution < -0.4 is 0 Å². The van der Waals surface area contributed by atoms with Crippen molar-refractivity contribution in [2.45, 2.75) is 4.21 Å². The molecule has 120 valence electrons. The highest BCUT2D eigenvalue weighted by Crippen LogP contribution is 2.45. The van der Waals surface area contributed by atoms with Crippen molar-refractivity contribution in [3.8, 4) is 0 Å². The number of hydrogen-bond donors (Lipinski definition) is 0. The number of rotatable bonds is 5. The van der Waals surface area contributed by atoms with Gasteiger partial charge in [0.2, 0.25) is 0 Å². The Balaban J connectivity index is 1.94. The second kappa shape index (κ2) is 7.49. The number of carbonyl (C=O) groups excluding carboxylic acids is 1. The van der Waals surface area contributed by atoms with Crippen LogP contribution in [0.5, 0.6) is 0 Å². The quantitative estimate of drug-likeness (QED) is 0.465. The van der Waals surface area contributed by atoms with Crippen LogP contribution in [0.1, 0.15) is 15.9 Å². The largest absolute Gasteiger partial charge is 0.379 e. The predicted octanol–water partition coefficient (Wildman–Crippen LogP) is 3.94. The number of ketones is 1. The summed E-state index contributed by atoms with van der Waals surface area (Å²) < 4.78 is 6.33. The van der Waals surface area contributed by atoms with Gasteiger partial charge in [0.05, 0.1) is 13.2 Å². The maximum atomic E-state index is 13.1. The maximum Gasteiger partial charge on any atom is 0.199 e. The fourth-order valence-corrected chi connectivity index (χ4v) is 4.13. The molecule has 1 saturated heterocycles. The van der Waals surface area contributed by atoms with E-state index >= 15 is 0 Å². The third-order valence-electron chi connectivity index (χ3n) is 3.70. The van der Waals surface area contributed by atoms with Gasteiger partial charge in [-0.05, 0) is 17.5 Å². The Labute approximate surface area is 145 Å². The van der Waals surface area contributed by atoms with Gasteiger partial charge < -0.3 is 4.74 Å². The lowest BCUT2D eigenvalue weighted by Crippen LogP contribution is -2.37. The van der Waals surface area contributed by atoms with Crippen molar-refractivity contribution in [3.05, 3.63) is 71.8 Å². The third-order valence-corrected chi connectivity index (χ3v) is 5.59. The minimum atomic E-state index is -1.17. The molecule has 1 heterocycles. The molecular weight excluding hydrogens is 330 g/mol. The Morgan fingerprint density at radius 3 is 2.17 bits per heavy atom. The normalized spacial score (nSPS) is 18.3. The molecule has 0 aromatic heterocycles. The molecule has 2 aromatic rings. The molecule has 0 spiro atoms. The van der Waals surface area contributed by atoms with Crippen LogP contribution in [0.4, 0.5) is 0 Å². The molecule has 0 aliphatic carbocycles. The second-order valence-electron chi connectivity index (χ2n) is 5.29. The first kappa shape index (κ1) is 16.5. The lowest BCUT2D eigenvalue weighted by atomic mass is 10.0. The van der Waals surface area contributed by atoms with Gasteiger partial charge in [0.25, 0.3) is 0 Å². The van der Waals surface area contributed by atoms with E-state index in [1.54, 1.807) is 0 Å². The number of alkyl halides is 1. The average Bonchev–Trinajstić information content (AvgIpc) is 2.63. The Bertz CT molecular complexity index is 647. The van der Waals surface area contributed by atoms with Crippen LogP contribution >= 0.6 is 23.5 Å². The fourth-order valence-electron chi connectivity index (χ4n) is 2.47. The van der Waals surface area contributed by atoms with Crippen LogP contribution in [-0.4, -0.2) is 36.4 Å². The molecule has 0 radical (unpaired) electrons. The van der Waals surface area contributed by atoms with E-state index in [1.807, 2.05) is 60.7 Å². The highest BCUT2D eigenvalue weighted by Gasteiger charge is 2.41. The molecule has 3 rings (SSSR count). The number of ether oxygens (including phenoxy) is 1. The summed E-state index contributed by atoms with van der Waals surface area (Å²) in [7, 11) is 0. The van der Waals surface area contributed by atoms with Crippen LogP contribution in [0.2, 0.25) is 0 Å². The summed E-state index contributed by atoms with van der Waals surface area (Å²) in [4.78, 5) is 13.1. The smallest absolute Gasteiger partial charge is 0.199 e. The number of hydrogen-bond acceptors (Lipinski definition) is 4. The highest BCUT2D eigenvalue weighted by atomic mass is 35.5. The zero-order valence-corrected chi connectivity index (χ0v) is 14.2. The van der Waals surface area contributed by atoms with E-state index in [4.69, 9.17) is 16.3 Å². The van der Waals surface area contributed by atoms with Crippen LogP contribution in [0, 0.1) is 0 Å². The fraction of sp³-hybridized carbons (Fsp3) is 0.278. The van der Waals surface area contributed by atoms with Crippen molar-refractivity contribution in [2.24, 2.45) is 0 Å². The van der Waals surface area contributed by atoms with Crippen LogP contribution in [-0.2, 0) is 8.94 Å². The maximum absolute atomic E-state index is 13.1. The minimum Gasteiger partial charge on any atom is -0.379 e. The van der Waals surface area contributed by atoms with E-state index in [9.17, 15) is 4.79 Å². The number of halogens is 1. The van der Waals surface area contributed by atoms with Gasteiger partial charge in [-0.3, -0.25) is 4.79 Å². The first-order valence-electron chi connectivity index (χ1n) is 7.56. The van der Waals surface area contributed by atoms with Gasteiger partial charge in [-0.25, -0.2) is 4.31 Å². The van der Waals surface area contributed by atoms with Gasteiger partial charge in [-0.15, -0.1) is 0 Å². The zero-order chi connectivity index (χ0) is 16.1. The predicted molar refractivity (Wildman–Crippen MR) is 94.7 cm³/mol. The molecule has 1 unspecified atom stereocenters. The average molecular weight is 348 g/mol. The van der Waals surface area contributed by atoms with Gasteiger partial charge in [-0.1, -0.05) is 72.3 Å². The number of nitrogens with zero attached hydrogens (tertiary/aromatic N) is 1. The van der Waals surface area contributed by atoms with Crippen molar-refractivity contribution < 1.29 is 9.53 Å². The molecule has 1 aliphatic rings. The molecule has 23 heavy (non-hydrogen) atoms. The SMILES string of the molecule is O=C(c1ccccc1)C(Cl)(SN1CCOCC1)c1ccccc1. The monoisotopic (exact) mass is 347 g/mol. The van der Waals surface area contributed by atoms with Crippen molar-refractivity contribution in [2.75, 3.05) is 26.3 Å². The molecule has 0 saturated carbocycles. The summed E-state index contributed by atoms with van der Waals surface area (Å²) in [6, 6.07) is 18.8. The third kappa shape index (κ3) is 3.78. The molecule has 5 heteroatoms. The number of benzene rings is 2. The van der Waals surface area contributed by atoms with Crippen molar-refractivity contribution in [1.82, 2.24) is 4.31 Å². The summed E-state index contributed by atoms with van der Waals surface area (Å²) in [5.74, 6) is -0.0949. The Kier molecular flexibility index (Phi) is 5.38. The molecule has 1 fully saturated rings. The molecule has 1 atom stereocenters. The van der Waals surface area contributed by atoms with Crippen molar-refractivity contribution in [3.63, 3.8) is 0 Å². The topological polar surface area (TPSA) is 29.5 Å². The molecule has 0 bridgehead atoms. The summed E-state index contributed by atoms with van der Waals surface area (Å²) >= 11 is 8.31. The van der Waals surface area contributed by atoms with Gasteiger partial charge >= 0.3 is 0 Å². The van der Waals surface area contributed by atoms with E-state index < -0.39 is 4.21 Å². The molecule has 0 N–H and O–H groups in total. The van der Waals surface area contributed by atoms with E-state index in [1.165, 1.54) is 11.9 Å². The van der Waals surface area contributed by atoms with Crippen LogP contribution in [0.3, 0.4) is 0 Å². The summed E-state index contributed by atoms with van der Waals surface area (Å²) in [5, 5.41) is 0. The number of morpholine rings is 1. The molecule has 0 amide bonds. The van der Waals surface area contributed by atoms with E-state index in [-0.39, 0.29) is 5.78 Å². The second-order valence-corrected chi connectivity index (χ2v) is 7.39. The highest BCUT2D eigenvalue weighted by molar-refractivity contribution is 8.00. The Morgan fingerprint density at radius 2 is 1.57 bits per heavy atom. The summed E-state index contributed by atoms with van der Waals surface area (Å²) in [6.07, 6.45) is 0. The number of Topliss-reactive ketones (excluding diaryl/α,β-unsaturated/α-hetero) is 1. The molecule has 3 nitrogen and oxygen atoms in total. The van der Waals surface area contributed by atoms with Gasteiger partial charge in [0, 0.05) is 18.7 Å². The minimum absolute atomic E-state index is 0.0949. The van der Waals surface area contributed by atoms with E-state index in [0.29, 0.717) is 18.8 Å². The molecular formula is C18H18ClNO2S. The van der Waals surface area contributed by atoms with E-state index in [0.717, 1.165) is 18.7 Å². The summed E-state index contributed by atoms with van der Waals surface area (Å²) in [5.41, 5.74) is 1.42. The Morgan fingerprint density at radius 1 is 1.00 bits per heavy atom. The van der Waals surface area contributed by atoms with Crippen LogP contribution in [0.15, 0.2) is 60.7 Å². The van der Waals surface area contributed by atoms with Gasteiger partial charge in [0.1, 0.15) is 0 Å². The standard InChI is InChI=1S/C18H18ClNO2S/c19-18(16-9-5-2-6-10-16,23-20-11-13-22-14-12-20)17(21)15-7-3-1-4-8-15/h1-10H,11-14H2. The van der Waals surface area contributed by atoms with E-state index in [2.05, 4.69) is 4.31 Å². The first-order chi connectivity index (χ1) is 11.2. The van der Waals surface area contributed by atoms with Crippen molar-refractivity contribution in [1.29, 1.82) is 0 Å². The first-order valence-corrected chi connectivity index (χ1v) is 8.71. The molecule has 2 aromatic carbocycles. The van der Waals surface area contributed by atoms with Gasteiger partial charge in [-0.2, -0.15) is 0 Å².